The SMILES string of the molecule is CC1(C)CN(C(=O)[C@H]2CCCC[C@H]2NC(=O)c2ccccc2)CC[C@]1(O)c1ccc(Cl)cc1. The fraction of sp³-hybridized carbons (Fsp3) is 0.481. The second-order valence-corrected chi connectivity index (χ2v) is 10.5. The third kappa shape index (κ3) is 4.80. The van der Waals surface area contributed by atoms with E-state index in [4.69, 9.17) is 11.6 Å². The van der Waals surface area contributed by atoms with Gasteiger partial charge in [-0.1, -0.05) is 68.6 Å². The van der Waals surface area contributed by atoms with Gasteiger partial charge in [-0.15, -0.1) is 0 Å². The first kappa shape index (κ1) is 23.8. The minimum absolute atomic E-state index is 0.0827. The maximum atomic E-state index is 13.6. The minimum Gasteiger partial charge on any atom is -0.384 e. The number of hydrogen-bond acceptors (Lipinski definition) is 3. The Bertz CT molecular complexity index is 992. The van der Waals surface area contributed by atoms with Gasteiger partial charge in [-0.25, -0.2) is 0 Å². The summed E-state index contributed by atoms with van der Waals surface area (Å²) in [6.45, 7) is 4.96. The van der Waals surface area contributed by atoms with Gasteiger partial charge in [0.2, 0.25) is 5.91 Å². The number of nitrogens with zero attached hydrogens (tertiary/aromatic N) is 1. The highest BCUT2D eigenvalue weighted by Gasteiger charge is 2.50. The van der Waals surface area contributed by atoms with Crippen LogP contribution in [0.1, 0.15) is 61.9 Å². The van der Waals surface area contributed by atoms with Crippen molar-refractivity contribution in [3.8, 4) is 0 Å². The van der Waals surface area contributed by atoms with E-state index < -0.39 is 11.0 Å². The number of likely N-dealkylation sites (tertiary alicyclic amines) is 1. The monoisotopic (exact) mass is 468 g/mol. The lowest BCUT2D eigenvalue weighted by atomic mass is 9.66. The van der Waals surface area contributed by atoms with Crippen molar-refractivity contribution in [2.75, 3.05) is 13.1 Å². The molecule has 2 aromatic carbocycles. The van der Waals surface area contributed by atoms with E-state index in [2.05, 4.69) is 5.32 Å². The van der Waals surface area contributed by atoms with E-state index in [0.29, 0.717) is 30.1 Å². The first-order valence-corrected chi connectivity index (χ1v) is 12.2. The molecule has 1 heterocycles. The molecule has 2 aliphatic rings. The van der Waals surface area contributed by atoms with Gasteiger partial charge in [0.25, 0.3) is 5.91 Å². The van der Waals surface area contributed by atoms with Gasteiger partial charge in [0, 0.05) is 35.1 Å². The number of halogens is 1. The summed E-state index contributed by atoms with van der Waals surface area (Å²) in [5.74, 6) is -0.278. The minimum atomic E-state index is -1.04. The number of hydrogen-bond donors (Lipinski definition) is 2. The first-order valence-electron chi connectivity index (χ1n) is 11.8. The molecule has 1 aliphatic carbocycles. The number of piperidine rings is 1. The summed E-state index contributed by atoms with van der Waals surface area (Å²) in [4.78, 5) is 28.3. The normalized spacial score (nSPS) is 27.1. The molecule has 1 saturated carbocycles. The van der Waals surface area contributed by atoms with Crippen LogP contribution in [0.3, 0.4) is 0 Å². The van der Waals surface area contributed by atoms with Crippen molar-refractivity contribution in [3.63, 3.8) is 0 Å². The van der Waals surface area contributed by atoms with Crippen molar-refractivity contribution >= 4 is 23.4 Å². The largest absolute Gasteiger partial charge is 0.384 e. The van der Waals surface area contributed by atoms with Gasteiger partial charge in [0.1, 0.15) is 0 Å². The molecule has 2 aromatic rings. The molecule has 6 heteroatoms. The smallest absolute Gasteiger partial charge is 0.251 e. The Morgan fingerprint density at radius 2 is 1.70 bits per heavy atom. The average molecular weight is 469 g/mol. The first-order chi connectivity index (χ1) is 15.7. The maximum absolute atomic E-state index is 13.6. The van der Waals surface area contributed by atoms with Gasteiger partial charge >= 0.3 is 0 Å². The van der Waals surface area contributed by atoms with Crippen LogP contribution in [-0.4, -0.2) is 41.0 Å². The lowest BCUT2D eigenvalue weighted by Crippen LogP contribution is -2.59. The van der Waals surface area contributed by atoms with Crippen LogP contribution in [0, 0.1) is 11.3 Å². The molecule has 4 rings (SSSR count). The summed E-state index contributed by atoms with van der Waals surface area (Å²) in [6, 6.07) is 16.3. The Morgan fingerprint density at radius 1 is 1.03 bits per heavy atom. The number of rotatable bonds is 4. The number of benzene rings is 2. The predicted molar refractivity (Wildman–Crippen MR) is 130 cm³/mol. The van der Waals surface area contributed by atoms with Crippen molar-refractivity contribution in [3.05, 3.63) is 70.7 Å². The summed E-state index contributed by atoms with van der Waals surface area (Å²) < 4.78 is 0. The zero-order valence-corrected chi connectivity index (χ0v) is 20.1. The number of nitrogens with one attached hydrogen (secondary N) is 1. The predicted octanol–water partition coefficient (Wildman–Crippen LogP) is 4.77. The topological polar surface area (TPSA) is 69.6 Å². The quantitative estimate of drug-likeness (QED) is 0.678. The number of aliphatic hydroxyl groups is 1. The van der Waals surface area contributed by atoms with Crippen LogP contribution in [0.5, 0.6) is 0 Å². The van der Waals surface area contributed by atoms with Gasteiger partial charge in [0.05, 0.1) is 11.5 Å². The second kappa shape index (κ2) is 9.47. The number of carbonyl (C=O) groups excluding carboxylic acids is 2. The Balaban J connectivity index is 1.48. The third-order valence-corrected chi connectivity index (χ3v) is 7.77. The molecule has 1 saturated heterocycles. The summed E-state index contributed by atoms with van der Waals surface area (Å²) in [5, 5.41) is 15.4. The van der Waals surface area contributed by atoms with Gasteiger partial charge in [0.15, 0.2) is 0 Å². The van der Waals surface area contributed by atoms with E-state index >= 15 is 0 Å². The Labute approximate surface area is 201 Å². The van der Waals surface area contributed by atoms with E-state index in [9.17, 15) is 14.7 Å². The molecular weight excluding hydrogens is 436 g/mol. The van der Waals surface area contributed by atoms with E-state index in [1.807, 2.05) is 49.1 Å². The molecule has 0 radical (unpaired) electrons. The molecule has 0 bridgehead atoms. The van der Waals surface area contributed by atoms with Crippen molar-refractivity contribution in [2.24, 2.45) is 11.3 Å². The standard InChI is InChI=1S/C27H33ClN2O3/c1-26(2)18-30(17-16-27(26,33)20-12-14-21(28)15-13-20)25(32)22-10-6-7-11-23(22)29-24(31)19-8-4-3-5-9-19/h3-5,8-9,12-15,22-23,33H,6-7,10-11,16-18H2,1-2H3,(H,29,31)/t22-,23+,27-/m0/s1. The van der Waals surface area contributed by atoms with Crippen LogP contribution in [-0.2, 0) is 10.4 Å². The second-order valence-electron chi connectivity index (χ2n) is 10.1. The molecule has 5 nitrogen and oxygen atoms in total. The van der Waals surface area contributed by atoms with Crippen LogP contribution in [0.15, 0.2) is 54.6 Å². The van der Waals surface area contributed by atoms with E-state index in [1.54, 1.807) is 24.3 Å². The zero-order chi connectivity index (χ0) is 23.6. The van der Waals surface area contributed by atoms with E-state index in [1.165, 1.54) is 0 Å². The molecule has 33 heavy (non-hydrogen) atoms. The Morgan fingerprint density at radius 3 is 2.36 bits per heavy atom. The molecular formula is C27H33ClN2O3. The van der Waals surface area contributed by atoms with E-state index in [0.717, 1.165) is 31.2 Å². The molecule has 0 spiro atoms. The lowest BCUT2D eigenvalue weighted by Gasteiger charge is -2.51. The maximum Gasteiger partial charge on any atom is 0.251 e. The fourth-order valence-corrected chi connectivity index (χ4v) is 5.57. The Hall–Kier alpha value is -2.37. The molecule has 2 amide bonds. The highest BCUT2D eigenvalue weighted by molar-refractivity contribution is 6.30. The van der Waals surface area contributed by atoms with Crippen LogP contribution < -0.4 is 5.32 Å². The highest BCUT2D eigenvalue weighted by Crippen LogP contribution is 2.46. The van der Waals surface area contributed by atoms with Gasteiger partial charge in [-0.3, -0.25) is 9.59 Å². The van der Waals surface area contributed by atoms with Crippen molar-refractivity contribution in [2.45, 2.75) is 57.6 Å². The van der Waals surface area contributed by atoms with Crippen LogP contribution >= 0.6 is 11.6 Å². The molecule has 176 valence electrons. The third-order valence-electron chi connectivity index (χ3n) is 7.52. The summed E-state index contributed by atoms with van der Waals surface area (Å²) in [5.41, 5.74) is -0.135. The summed E-state index contributed by atoms with van der Waals surface area (Å²) >= 11 is 6.04. The van der Waals surface area contributed by atoms with Crippen LogP contribution in [0.2, 0.25) is 5.02 Å². The fourth-order valence-electron chi connectivity index (χ4n) is 5.45. The van der Waals surface area contributed by atoms with Gasteiger partial charge in [-0.2, -0.15) is 0 Å². The average Bonchev–Trinajstić information content (AvgIpc) is 2.81. The van der Waals surface area contributed by atoms with Gasteiger partial charge < -0.3 is 15.3 Å². The van der Waals surface area contributed by atoms with Crippen molar-refractivity contribution < 1.29 is 14.7 Å². The lowest BCUT2D eigenvalue weighted by molar-refractivity contribution is -0.158. The van der Waals surface area contributed by atoms with Crippen LogP contribution in [0.25, 0.3) is 0 Å². The molecule has 3 atom stereocenters. The van der Waals surface area contributed by atoms with Crippen molar-refractivity contribution in [1.29, 1.82) is 0 Å². The summed E-state index contributed by atoms with van der Waals surface area (Å²) in [6.07, 6.45) is 4.03. The van der Waals surface area contributed by atoms with Crippen molar-refractivity contribution in [1.82, 2.24) is 10.2 Å². The highest BCUT2D eigenvalue weighted by atomic mass is 35.5. The molecule has 0 unspecified atom stereocenters. The van der Waals surface area contributed by atoms with Gasteiger partial charge in [-0.05, 0) is 49.1 Å². The zero-order valence-electron chi connectivity index (χ0n) is 19.4. The Kier molecular flexibility index (Phi) is 6.83. The summed E-state index contributed by atoms with van der Waals surface area (Å²) in [7, 11) is 0. The number of carbonyl (C=O) groups is 2. The molecule has 2 N–H and O–H groups in total. The van der Waals surface area contributed by atoms with Crippen LogP contribution in [0.4, 0.5) is 0 Å². The molecule has 2 fully saturated rings. The van der Waals surface area contributed by atoms with E-state index in [-0.39, 0.29) is 23.8 Å². The number of amides is 2. The molecule has 1 aliphatic heterocycles. The molecule has 0 aromatic heterocycles.